The summed E-state index contributed by atoms with van der Waals surface area (Å²) in [5.41, 5.74) is 1.76. The molecule has 5 rings (SSSR count). The van der Waals surface area contributed by atoms with Crippen molar-refractivity contribution in [3.8, 4) is 5.75 Å². The van der Waals surface area contributed by atoms with Crippen LogP contribution >= 0.6 is 0 Å². The quantitative estimate of drug-likeness (QED) is 0.649. The zero-order chi connectivity index (χ0) is 21.2. The zero-order valence-electron chi connectivity index (χ0n) is 16.5. The van der Waals surface area contributed by atoms with Crippen LogP contribution in [0.4, 0.5) is 0 Å². The third-order valence-electron chi connectivity index (χ3n) is 6.26. The van der Waals surface area contributed by atoms with Gasteiger partial charge in [-0.1, -0.05) is 31.2 Å². The van der Waals surface area contributed by atoms with Gasteiger partial charge in [0.05, 0.1) is 35.1 Å². The number of carboxylic acids is 1. The van der Waals surface area contributed by atoms with Crippen molar-refractivity contribution in [1.82, 2.24) is 4.90 Å². The molecule has 1 fully saturated rings. The van der Waals surface area contributed by atoms with Gasteiger partial charge in [0, 0.05) is 11.3 Å². The van der Waals surface area contributed by atoms with E-state index in [1.807, 2.05) is 49.4 Å². The lowest BCUT2D eigenvalue weighted by Crippen LogP contribution is -2.64. The fraction of sp³-hybridized carbons (Fsp3) is 0.304. The van der Waals surface area contributed by atoms with Crippen molar-refractivity contribution in [1.29, 1.82) is 0 Å². The van der Waals surface area contributed by atoms with Crippen LogP contribution in [0.25, 0.3) is 21.9 Å². The fourth-order valence-corrected chi connectivity index (χ4v) is 4.84. The number of β-lactam (4-membered cyclic amide) rings is 1. The number of benzene rings is 2. The monoisotopic (exact) mass is 406 g/mol. The molecule has 3 heterocycles. The Morgan fingerprint density at radius 2 is 1.97 bits per heavy atom. The molecule has 2 aliphatic rings. The number of aliphatic hydroxyl groups excluding tert-OH is 1. The number of amides is 1. The van der Waals surface area contributed by atoms with E-state index in [9.17, 15) is 19.8 Å². The normalized spacial score (nSPS) is 24.3. The van der Waals surface area contributed by atoms with Crippen molar-refractivity contribution in [2.24, 2.45) is 11.8 Å². The van der Waals surface area contributed by atoms with Gasteiger partial charge in [-0.15, -0.1) is 0 Å². The van der Waals surface area contributed by atoms with Crippen molar-refractivity contribution in [2.75, 3.05) is 6.61 Å². The summed E-state index contributed by atoms with van der Waals surface area (Å²) in [5, 5.41) is 23.5. The van der Waals surface area contributed by atoms with Gasteiger partial charge >= 0.3 is 0 Å². The van der Waals surface area contributed by atoms with Crippen LogP contribution in [0.3, 0.4) is 0 Å². The van der Waals surface area contributed by atoms with Crippen molar-refractivity contribution in [3.63, 3.8) is 0 Å². The van der Waals surface area contributed by atoms with E-state index >= 15 is 0 Å². The van der Waals surface area contributed by atoms with Crippen molar-refractivity contribution in [3.05, 3.63) is 53.7 Å². The highest BCUT2D eigenvalue weighted by Crippen LogP contribution is 2.47. The number of ether oxygens (including phenoxy) is 1. The first-order valence-corrected chi connectivity index (χ1v) is 9.88. The Labute approximate surface area is 172 Å². The van der Waals surface area contributed by atoms with E-state index < -0.39 is 24.0 Å². The van der Waals surface area contributed by atoms with E-state index in [1.165, 1.54) is 4.90 Å². The van der Waals surface area contributed by atoms with Gasteiger partial charge in [0.2, 0.25) is 5.91 Å². The standard InChI is InChI=1S/C23H21NO6/c1-11-14(21(23(27)28)24-20(11)18(12(2)25)22(24)26)10-29-16-8-5-9-17-19(16)13-6-3-4-7-15(13)30-17/h3-9,11-12,18,20,25H,10H2,1-2H3,(H,27,28)/p-1/t11-,12?,18?,20?/m0/s1. The maximum Gasteiger partial charge on any atom is 0.235 e. The van der Waals surface area contributed by atoms with Crippen LogP contribution in [0, 0.1) is 11.8 Å². The topological polar surface area (TPSA) is 103 Å². The van der Waals surface area contributed by atoms with Gasteiger partial charge in [-0.05, 0) is 30.7 Å². The highest BCUT2D eigenvalue weighted by atomic mass is 16.5. The van der Waals surface area contributed by atoms with Gasteiger partial charge in [0.15, 0.2) is 0 Å². The number of hydrogen-bond acceptors (Lipinski definition) is 6. The summed E-state index contributed by atoms with van der Waals surface area (Å²) in [7, 11) is 0. The first-order chi connectivity index (χ1) is 14.4. The maximum atomic E-state index is 12.4. The van der Waals surface area contributed by atoms with Crippen molar-refractivity contribution >= 4 is 33.8 Å². The Balaban J connectivity index is 1.51. The average Bonchev–Trinajstić information content (AvgIpc) is 3.20. The van der Waals surface area contributed by atoms with E-state index in [0.717, 1.165) is 16.4 Å². The number of furan rings is 1. The van der Waals surface area contributed by atoms with Crippen LogP contribution in [-0.2, 0) is 9.59 Å². The molecule has 0 bridgehead atoms. The third kappa shape index (κ3) is 2.48. The Morgan fingerprint density at radius 1 is 1.23 bits per heavy atom. The van der Waals surface area contributed by atoms with E-state index in [-0.39, 0.29) is 24.1 Å². The van der Waals surface area contributed by atoms with E-state index in [1.54, 1.807) is 6.92 Å². The van der Waals surface area contributed by atoms with Crippen LogP contribution in [0.2, 0.25) is 0 Å². The summed E-state index contributed by atoms with van der Waals surface area (Å²) in [4.78, 5) is 25.5. The Hall–Kier alpha value is -3.32. The minimum atomic E-state index is -1.41. The molecule has 0 radical (unpaired) electrons. The largest absolute Gasteiger partial charge is 0.543 e. The number of carbonyl (C=O) groups excluding carboxylic acids is 2. The van der Waals surface area contributed by atoms with Gasteiger partial charge in [-0.2, -0.15) is 0 Å². The summed E-state index contributed by atoms with van der Waals surface area (Å²) < 4.78 is 11.9. The molecule has 2 aromatic carbocycles. The first-order valence-electron chi connectivity index (χ1n) is 9.88. The minimum Gasteiger partial charge on any atom is -0.543 e. The predicted octanol–water partition coefficient (Wildman–Crippen LogP) is 1.83. The molecule has 30 heavy (non-hydrogen) atoms. The molecule has 0 spiro atoms. The lowest BCUT2D eigenvalue weighted by atomic mass is 9.78. The molecule has 1 aromatic heterocycles. The molecule has 0 aliphatic carbocycles. The SMILES string of the molecule is CC(O)C1C(=O)N2C(C(=O)[O-])=C(COc3cccc4oc5ccccc5c34)[C@H](C)C12. The second kappa shape index (κ2) is 6.60. The predicted molar refractivity (Wildman–Crippen MR) is 106 cm³/mol. The molecular formula is C23H20NO6-. The molecule has 1 amide bonds. The molecule has 3 aromatic rings. The molecule has 2 aliphatic heterocycles. The first kappa shape index (κ1) is 18.7. The lowest BCUT2D eigenvalue weighted by Gasteiger charge is -2.47. The van der Waals surface area contributed by atoms with Gasteiger partial charge in [-0.25, -0.2) is 0 Å². The van der Waals surface area contributed by atoms with Crippen LogP contribution in [0.15, 0.2) is 58.2 Å². The molecule has 7 nitrogen and oxygen atoms in total. The molecule has 3 unspecified atom stereocenters. The number of aliphatic hydroxyl groups is 1. The van der Waals surface area contributed by atoms with E-state index in [4.69, 9.17) is 9.15 Å². The molecule has 1 saturated heterocycles. The molecule has 0 saturated carbocycles. The second-order valence-corrected chi connectivity index (χ2v) is 7.93. The fourth-order valence-electron chi connectivity index (χ4n) is 4.84. The average molecular weight is 406 g/mol. The Kier molecular flexibility index (Phi) is 4.11. The van der Waals surface area contributed by atoms with Crippen LogP contribution in [-0.4, -0.2) is 40.6 Å². The van der Waals surface area contributed by atoms with E-state index in [0.29, 0.717) is 16.9 Å². The van der Waals surface area contributed by atoms with Crippen molar-refractivity contribution < 1.29 is 29.0 Å². The van der Waals surface area contributed by atoms with Crippen LogP contribution in [0.1, 0.15) is 13.8 Å². The number of hydrogen-bond donors (Lipinski definition) is 1. The number of rotatable bonds is 5. The molecular weight excluding hydrogens is 386 g/mol. The van der Waals surface area contributed by atoms with Gasteiger partial charge in [0.1, 0.15) is 23.5 Å². The summed E-state index contributed by atoms with van der Waals surface area (Å²) in [6.07, 6.45) is -0.851. The Morgan fingerprint density at radius 3 is 2.70 bits per heavy atom. The zero-order valence-corrected chi connectivity index (χ0v) is 16.5. The highest BCUT2D eigenvalue weighted by molar-refractivity contribution is 6.08. The number of para-hydroxylation sites is 1. The summed E-state index contributed by atoms with van der Waals surface area (Å²) in [6, 6.07) is 12.7. The lowest BCUT2D eigenvalue weighted by molar-refractivity contribution is -0.301. The van der Waals surface area contributed by atoms with Crippen molar-refractivity contribution in [2.45, 2.75) is 26.0 Å². The van der Waals surface area contributed by atoms with Crippen LogP contribution < -0.4 is 9.84 Å². The molecule has 7 heteroatoms. The van der Waals surface area contributed by atoms with E-state index in [2.05, 4.69) is 0 Å². The van der Waals surface area contributed by atoms with Gasteiger partial charge in [-0.3, -0.25) is 4.79 Å². The highest BCUT2D eigenvalue weighted by Gasteiger charge is 2.58. The second-order valence-electron chi connectivity index (χ2n) is 7.93. The number of carbonyl (C=O) groups is 2. The Bertz CT molecular complexity index is 1220. The number of nitrogens with zero attached hydrogens (tertiary/aromatic N) is 1. The maximum absolute atomic E-state index is 12.4. The summed E-state index contributed by atoms with van der Waals surface area (Å²) in [6.45, 7) is 3.39. The molecule has 4 atom stereocenters. The molecule has 154 valence electrons. The minimum absolute atomic E-state index is 0.00406. The van der Waals surface area contributed by atoms with Gasteiger partial charge in [0.25, 0.3) is 0 Å². The van der Waals surface area contributed by atoms with Gasteiger partial charge < -0.3 is 29.1 Å². The number of fused-ring (bicyclic) bond motifs is 4. The number of carboxylic acid groups (broad SMARTS) is 1. The smallest absolute Gasteiger partial charge is 0.235 e. The van der Waals surface area contributed by atoms with Crippen LogP contribution in [0.5, 0.6) is 5.75 Å². The number of aliphatic carboxylic acids is 1. The summed E-state index contributed by atoms with van der Waals surface area (Å²) >= 11 is 0. The summed E-state index contributed by atoms with van der Waals surface area (Å²) in [5.74, 6) is -2.11. The third-order valence-corrected chi connectivity index (χ3v) is 6.26. The molecule has 1 N–H and O–H groups in total.